The quantitative estimate of drug-likeness (QED) is 0.472. The molecule has 1 aliphatic carbocycles. The number of rotatable bonds is 7. The number of halogens is 1. The molecule has 0 bridgehead atoms. The number of methoxy groups -OCH3 is 2. The molecule has 184 valence electrons. The number of carbonyl (C=O) groups excluding carboxylic acids is 1. The second kappa shape index (κ2) is 9.79. The minimum Gasteiger partial charge on any atom is -0.497 e. The number of carbonyl (C=O) groups is 1. The van der Waals surface area contributed by atoms with Crippen LogP contribution in [0.5, 0.6) is 11.5 Å². The van der Waals surface area contributed by atoms with Gasteiger partial charge in [0.25, 0.3) is 15.9 Å². The predicted molar refractivity (Wildman–Crippen MR) is 127 cm³/mol. The maximum atomic E-state index is 13.1. The summed E-state index contributed by atoms with van der Waals surface area (Å²) in [6.45, 7) is 1.72. The van der Waals surface area contributed by atoms with E-state index >= 15 is 0 Å². The smallest absolute Gasteiger partial charge is 0.291 e. The van der Waals surface area contributed by atoms with Crippen LogP contribution in [-0.4, -0.2) is 34.3 Å². The fraction of sp³-hybridized carbons (Fsp3) is 0.250. The first kappa shape index (κ1) is 24.3. The zero-order valence-corrected chi connectivity index (χ0v) is 20.2. The van der Waals surface area contributed by atoms with E-state index in [-0.39, 0.29) is 10.7 Å². The average molecular weight is 502 g/mol. The van der Waals surface area contributed by atoms with Gasteiger partial charge in [0.1, 0.15) is 23.1 Å². The Morgan fingerprint density at radius 3 is 2.51 bits per heavy atom. The number of benzene rings is 2. The summed E-state index contributed by atoms with van der Waals surface area (Å²) in [5, 5.41) is 6.90. The molecule has 0 spiro atoms. The number of hydrogen-bond donors (Lipinski definition) is 2. The molecule has 2 aromatic carbocycles. The van der Waals surface area contributed by atoms with Crippen molar-refractivity contribution in [3.63, 3.8) is 0 Å². The number of sulfonamides is 1. The third-order valence-electron chi connectivity index (χ3n) is 5.61. The topological polar surface area (TPSA) is 119 Å². The molecule has 11 heteroatoms. The maximum absolute atomic E-state index is 13.1. The third-order valence-corrected chi connectivity index (χ3v) is 6.84. The molecule has 2 N–H and O–H groups in total. The van der Waals surface area contributed by atoms with E-state index < -0.39 is 21.7 Å². The molecule has 0 atom stereocenters. The Hall–Kier alpha value is -3.86. The van der Waals surface area contributed by atoms with E-state index in [1.807, 2.05) is 0 Å². The molecule has 0 fully saturated rings. The number of ether oxygens (including phenoxy) is 2. The summed E-state index contributed by atoms with van der Waals surface area (Å²) in [5.41, 5.74) is 2.04. The fourth-order valence-corrected chi connectivity index (χ4v) is 4.69. The van der Waals surface area contributed by atoms with Crippen LogP contribution in [0.15, 0.2) is 56.9 Å². The normalized spacial score (nSPS) is 14.3. The summed E-state index contributed by atoms with van der Waals surface area (Å²) in [5.74, 6) is 0.632. The lowest BCUT2D eigenvalue weighted by atomic mass is 9.93. The van der Waals surface area contributed by atoms with Gasteiger partial charge in [0, 0.05) is 23.6 Å². The highest BCUT2D eigenvalue weighted by molar-refractivity contribution is 7.89. The summed E-state index contributed by atoms with van der Waals surface area (Å²) in [6, 6.07) is 9.42. The molecule has 1 aromatic heterocycles. The Balaban J connectivity index is 1.60. The number of nitrogens with zero attached hydrogens (tertiary/aromatic N) is 1. The summed E-state index contributed by atoms with van der Waals surface area (Å²) < 4.78 is 54.6. The first-order valence-electron chi connectivity index (χ1n) is 10.7. The number of amides is 1. The van der Waals surface area contributed by atoms with Crippen LogP contribution >= 0.6 is 0 Å². The van der Waals surface area contributed by atoms with Gasteiger partial charge in [-0.1, -0.05) is 0 Å². The van der Waals surface area contributed by atoms with Crippen molar-refractivity contribution >= 4 is 27.3 Å². The SMILES string of the molecule is COc1ccc(NC(=O)c2oc3c(c2C)/C(=N/NS(=O)(=O)c2ccc(F)cc2)CCC3)c(OC)c1. The third kappa shape index (κ3) is 4.99. The Kier molecular flexibility index (Phi) is 6.79. The number of anilines is 1. The molecule has 0 unspecified atom stereocenters. The number of fused-ring (bicyclic) bond motifs is 1. The van der Waals surface area contributed by atoms with Gasteiger partial charge < -0.3 is 19.2 Å². The number of aryl methyl sites for hydroxylation is 1. The van der Waals surface area contributed by atoms with E-state index in [2.05, 4.69) is 15.2 Å². The first-order chi connectivity index (χ1) is 16.7. The van der Waals surface area contributed by atoms with Crippen LogP contribution < -0.4 is 19.6 Å². The van der Waals surface area contributed by atoms with E-state index in [1.54, 1.807) is 25.1 Å². The highest BCUT2D eigenvalue weighted by atomic mass is 32.2. The van der Waals surface area contributed by atoms with Gasteiger partial charge in [-0.3, -0.25) is 4.79 Å². The van der Waals surface area contributed by atoms with Crippen LogP contribution in [0.1, 0.15) is 40.3 Å². The number of furan rings is 1. The monoisotopic (exact) mass is 501 g/mol. The van der Waals surface area contributed by atoms with Crippen molar-refractivity contribution < 1.29 is 31.5 Å². The maximum Gasteiger partial charge on any atom is 0.291 e. The van der Waals surface area contributed by atoms with Gasteiger partial charge in [-0.15, -0.1) is 0 Å². The molecule has 3 aromatic rings. The molecule has 35 heavy (non-hydrogen) atoms. The Morgan fingerprint density at radius 2 is 1.83 bits per heavy atom. The van der Waals surface area contributed by atoms with Crippen LogP contribution in [0.25, 0.3) is 0 Å². The molecule has 0 radical (unpaired) electrons. The van der Waals surface area contributed by atoms with Crippen LogP contribution in [0.4, 0.5) is 10.1 Å². The molecular weight excluding hydrogens is 477 g/mol. The second-order valence-corrected chi connectivity index (χ2v) is 9.50. The lowest BCUT2D eigenvalue weighted by Crippen LogP contribution is -2.22. The van der Waals surface area contributed by atoms with E-state index in [1.165, 1.54) is 14.2 Å². The van der Waals surface area contributed by atoms with E-state index in [0.717, 1.165) is 24.3 Å². The van der Waals surface area contributed by atoms with E-state index in [9.17, 15) is 17.6 Å². The number of hydrazone groups is 1. The molecule has 0 saturated carbocycles. The standard InChI is InChI=1S/C24H24FN3O6S/c1-14-22-19(27-28-35(30,31)17-10-7-15(25)8-11-17)5-4-6-20(22)34-23(14)24(29)26-18-12-9-16(32-2)13-21(18)33-3/h7-13,28H,4-6H2,1-3H3,(H,26,29)/b27-19+. The van der Waals surface area contributed by atoms with Crippen LogP contribution in [0.3, 0.4) is 0 Å². The van der Waals surface area contributed by atoms with Gasteiger partial charge in [-0.25, -0.2) is 4.39 Å². The molecular formula is C24H24FN3O6S. The zero-order valence-electron chi connectivity index (χ0n) is 19.3. The van der Waals surface area contributed by atoms with Crippen molar-refractivity contribution in [2.24, 2.45) is 5.10 Å². The second-order valence-electron chi connectivity index (χ2n) is 7.84. The highest BCUT2D eigenvalue weighted by Crippen LogP contribution is 2.33. The minimum absolute atomic E-state index is 0.101. The van der Waals surface area contributed by atoms with Crippen molar-refractivity contribution in [2.45, 2.75) is 31.1 Å². The van der Waals surface area contributed by atoms with Crippen molar-refractivity contribution in [2.75, 3.05) is 19.5 Å². The van der Waals surface area contributed by atoms with Crippen molar-refractivity contribution in [1.82, 2.24) is 4.83 Å². The van der Waals surface area contributed by atoms with Crippen molar-refractivity contribution in [3.05, 3.63) is 70.9 Å². The van der Waals surface area contributed by atoms with Gasteiger partial charge in [0.15, 0.2) is 5.76 Å². The van der Waals surface area contributed by atoms with Gasteiger partial charge in [-0.2, -0.15) is 18.4 Å². The minimum atomic E-state index is -3.99. The fourth-order valence-electron chi connectivity index (χ4n) is 3.86. The largest absolute Gasteiger partial charge is 0.497 e. The molecule has 1 heterocycles. The molecule has 4 rings (SSSR count). The first-order valence-corrected chi connectivity index (χ1v) is 12.2. The summed E-state index contributed by atoms with van der Waals surface area (Å²) in [7, 11) is -0.980. The molecule has 9 nitrogen and oxygen atoms in total. The molecule has 0 aliphatic heterocycles. The van der Waals surface area contributed by atoms with Gasteiger partial charge in [0.2, 0.25) is 0 Å². The highest BCUT2D eigenvalue weighted by Gasteiger charge is 2.29. The van der Waals surface area contributed by atoms with Crippen LogP contribution in [0, 0.1) is 12.7 Å². The molecule has 1 amide bonds. The van der Waals surface area contributed by atoms with E-state index in [0.29, 0.717) is 59.0 Å². The molecule has 1 aliphatic rings. The summed E-state index contributed by atoms with van der Waals surface area (Å²) >= 11 is 0. The lowest BCUT2D eigenvalue weighted by molar-refractivity contribution is 0.0993. The summed E-state index contributed by atoms with van der Waals surface area (Å²) in [4.78, 5) is 15.1. The average Bonchev–Trinajstić information content (AvgIpc) is 3.20. The number of hydrogen-bond acceptors (Lipinski definition) is 7. The summed E-state index contributed by atoms with van der Waals surface area (Å²) in [6.07, 6.45) is 1.75. The van der Waals surface area contributed by atoms with Crippen molar-refractivity contribution in [3.8, 4) is 11.5 Å². The van der Waals surface area contributed by atoms with Crippen LogP contribution in [0.2, 0.25) is 0 Å². The Labute approximate surface area is 202 Å². The predicted octanol–water partition coefficient (Wildman–Crippen LogP) is 4.02. The zero-order chi connectivity index (χ0) is 25.2. The van der Waals surface area contributed by atoms with Gasteiger partial charge in [-0.05, 0) is 56.2 Å². The lowest BCUT2D eigenvalue weighted by Gasteiger charge is -2.14. The van der Waals surface area contributed by atoms with Crippen molar-refractivity contribution in [1.29, 1.82) is 0 Å². The number of nitrogens with one attached hydrogen (secondary N) is 2. The Morgan fingerprint density at radius 1 is 1.09 bits per heavy atom. The van der Waals surface area contributed by atoms with Gasteiger partial charge in [0.05, 0.1) is 30.5 Å². The van der Waals surface area contributed by atoms with Gasteiger partial charge >= 0.3 is 0 Å². The van der Waals surface area contributed by atoms with E-state index in [4.69, 9.17) is 13.9 Å². The molecule has 0 saturated heterocycles. The Bertz CT molecular complexity index is 1400. The van der Waals surface area contributed by atoms with Crippen LogP contribution in [-0.2, 0) is 16.4 Å².